The van der Waals surface area contributed by atoms with Crippen LogP contribution < -0.4 is 5.73 Å². The number of rotatable bonds is 6. The number of ether oxygens (including phenoxy) is 1. The Balaban J connectivity index is 2.30. The summed E-state index contributed by atoms with van der Waals surface area (Å²) >= 11 is 0. The first-order chi connectivity index (χ1) is 8.44. The summed E-state index contributed by atoms with van der Waals surface area (Å²) in [6.07, 6.45) is 4.07. The Morgan fingerprint density at radius 2 is 1.89 bits per heavy atom. The zero-order valence-electron chi connectivity index (χ0n) is 12.7. The maximum absolute atomic E-state index is 5.92. The molecule has 1 heterocycles. The molecular weight excluding hydrogens is 224 g/mol. The third-order valence-corrected chi connectivity index (χ3v) is 3.69. The van der Waals surface area contributed by atoms with E-state index in [-0.39, 0.29) is 0 Å². The van der Waals surface area contributed by atoms with Crippen molar-refractivity contribution in [2.75, 3.05) is 32.8 Å². The Bertz CT molecular complexity index is 217. The van der Waals surface area contributed by atoms with Gasteiger partial charge >= 0.3 is 0 Å². The van der Waals surface area contributed by atoms with Gasteiger partial charge in [0.1, 0.15) is 0 Å². The third-order valence-electron chi connectivity index (χ3n) is 3.69. The van der Waals surface area contributed by atoms with Gasteiger partial charge in [-0.15, -0.1) is 0 Å². The zero-order valence-corrected chi connectivity index (χ0v) is 12.7. The van der Waals surface area contributed by atoms with Gasteiger partial charge in [-0.3, -0.25) is 0 Å². The largest absolute Gasteiger partial charge is 0.378 e. The molecule has 1 saturated heterocycles. The van der Waals surface area contributed by atoms with Crippen LogP contribution in [0.2, 0.25) is 0 Å². The van der Waals surface area contributed by atoms with Gasteiger partial charge in [-0.2, -0.15) is 0 Å². The molecule has 1 unspecified atom stereocenters. The van der Waals surface area contributed by atoms with Crippen molar-refractivity contribution >= 4 is 0 Å². The summed E-state index contributed by atoms with van der Waals surface area (Å²) in [5.74, 6) is 0.633. The Morgan fingerprint density at radius 1 is 1.28 bits per heavy atom. The molecule has 1 rings (SSSR count). The molecule has 0 bridgehead atoms. The maximum Gasteiger partial charge on any atom is 0.0599 e. The fourth-order valence-corrected chi connectivity index (χ4v) is 2.95. The molecular formula is C15H32N2O. The Morgan fingerprint density at radius 3 is 2.33 bits per heavy atom. The second kappa shape index (κ2) is 7.46. The average Bonchev–Trinajstić information content (AvgIpc) is 2.29. The number of hydrogen-bond acceptors (Lipinski definition) is 3. The van der Waals surface area contributed by atoms with Crippen LogP contribution in [0.4, 0.5) is 0 Å². The van der Waals surface area contributed by atoms with Crippen molar-refractivity contribution in [1.29, 1.82) is 0 Å². The van der Waals surface area contributed by atoms with Gasteiger partial charge in [0.05, 0.1) is 6.10 Å². The molecule has 0 spiro atoms. The summed E-state index contributed by atoms with van der Waals surface area (Å²) in [7, 11) is 0. The first-order valence-electron chi connectivity index (χ1n) is 7.48. The minimum Gasteiger partial charge on any atom is -0.378 e. The molecule has 18 heavy (non-hydrogen) atoms. The highest BCUT2D eigenvalue weighted by atomic mass is 16.5. The lowest BCUT2D eigenvalue weighted by atomic mass is 9.84. The SMILES string of the molecule is CCOC1CCN(CC(CN)CC(C)(C)C)CC1. The van der Waals surface area contributed by atoms with Crippen LogP contribution in [-0.4, -0.2) is 43.8 Å². The molecule has 108 valence electrons. The van der Waals surface area contributed by atoms with E-state index >= 15 is 0 Å². The van der Waals surface area contributed by atoms with E-state index in [1.807, 2.05) is 0 Å². The Hall–Kier alpha value is -0.120. The summed E-state index contributed by atoms with van der Waals surface area (Å²) in [5, 5.41) is 0. The number of piperidine rings is 1. The minimum absolute atomic E-state index is 0.383. The van der Waals surface area contributed by atoms with Crippen molar-refractivity contribution in [1.82, 2.24) is 4.90 Å². The van der Waals surface area contributed by atoms with E-state index in [2.05, 4.69) is 32.6 Å². The molecule has 2 N–H and O–H groups in total. The Labute approximate surface area is 113 Å². The molecule has 0 aromatic heterocycles. The van der Waals surface area contributed by atoms with Gasteiger partial charge in [-0.25, -0.2) is 0 Å². The second-order valence-corrected chi connectivity index (χ2v) is 6.82. The van der Waals surface area contributed by atoms with Crippen LogP contribution >= 0.6 is 0 Å². The fraction of sp³-hybridized carbons (Fsp3) is 1.00. The molecule has 1 aliphatic rings. The van der Waals surface area contributed by atoms with Crippen molar-refractivity contribution in [3.8, 4) is 0 Å². The van der Waals surface area contributed by atoms with Crippen LogP contribution in [0.15, 0.2) is 0 Å². The normalized spacial score (nSPS) is 21.2. The molecule has 3 heteroatoms. The molecule has 1 aliphatic heterocycles. The number of nitrogens with two attached hydrogens (primary N) is 1. The molecule has 0 saturated carbocycles. The third kappa shape index (κ3) is 6.17. The highest BCUT2D eigenvalue weighted by Crippen LogP contribution is 2.25. The van der Waals surface area contributed by atoms with E-state index in [1.54, 1.807) is 0 Å². The molecule has 0 aliphatic carbocycles. The molecule has 1 atom stereocenters. The van der Waals surface area contributed by atoms with Gasteiger partial charge in [0.25, 0.3) is 0 Å². The lowest BCUT2D eigenvalue weighted by Gasteiger charge is -2.35. The van der Waals surface area contributed by atoms with Crippen LogP contribution in [0, 0.1) is 11.3 Å². The van der Waals surface area contributed by atoms with E-state index in [4.69, 9.17) is 10.5 Å². The number of likely N-dealkylation sites (tertiary alicyclic amines) is 1. The van der Waals surface area contributed by atoms with Gasteiger partial charge in [0.2, 0.25) is 0 Å². The quantitative estimate of drug-likeness (QED) is 0.793. The molecule has 0 amide bonds. The van der Waals surface area contributed by atoms with E-state index < -0.39 is 0 Å². The Kier molecular flexibility index (Phi) is 6.61. The standard InChI is InChI=1S/C15H32N2O/c1-5-18-14-6-8-17(9-7-14)12-13(11-16)10-15(2,3)4/h13-14H,5-12,16H2,1-4H3. The lowest BCUT2D eigenvalue weighted by molar-refractivity contribution is 0.0100. The summed E-state index contributed by atoms with van der Waals surface area (Å²) < 4.78 is 5.69. The molecule has 3 nitrogen and oxygen atoms in total. The van der Waals surface area contributed by atoms with Gasteiger partial charge in [-0.1, -0.05) is 20.8 Å². The van der Waals surface area contributed by atoms with E-state index in [0.29, 0.717) is 17.4 Å². The van der Waals surface area contributed by atoms with Gasteiger partial charge in [0, 0.05) is 26.2 Å². The first-order valence-corrected chi connectivity index (χ1v) is 7.48. The summed E-state index contributed by atoms with van der Waals surface area (Å²) in [4.78, 5) is 2.57. The van der Waals surface area contributed by atoms with E-state index in [1.165, 1.54) is 32.4 Å². The summed E-state index contributed by atoms with van der Waals surface area (Å²) in [6, 6.07) is 0. The van der Waals surface area contributed by atoms with Crippen molar-refractivity contribution in [2.24, 2.45) is 17.1 Å². The van der Waals surface area contributed by atoms with Crippen LogP contribution in [0.5, 0.6) is 0 Å². The molecule has 1 fully saturated rings. The average molecular weight is 256 g/mol. The van der Waals surface area contributed by atoms with Crippen LogP contribution in [0.25, 0.3) is 0 Å². The van der Waals surface area contributed by atoms with Crippen molar-refractivity contribution in [2.45, 2.75) is 53.1 Å². The van der Waals surface area contributed by atoms with Crippen LogP contribution in [0.1, 0.15) is 47.0 Å². The highest BCUT2D eigenvalue weighted by molar-refractivity contribution is 4.77. The second-order valence-electron chi connectivity index (χ2n) is 6.82. The van der Waals surface area contributed by atoms with E-state index in [9.17, 15) is 0 Å². The molecule has 0 radical (unpaired) electrons. The topological polar surface area (TPSA) is 38.5 Å². The summed E-state index contributed by atoms with van der Waals surface area (Å²) in [6.45, 7) is 14.1. The van der Waals surface area contributed by atoms with Gasteiger partial charge in [0.15, 0.2) is 0 Å². The van der Waals surface area contributed by atoms with Gasteiger partial charge in [-0.05, 0) is 44.1 Å². The monoisotopic (exact) mass is 256 g/mol. The highest BCUT2D eigenvalue weighted by Gasteiger charge is 2.23. The number of nitrogens with zero attached hydrogens (tertiary/aromatic N) is 1. The van der Waals surface area contributed by atoms with Crippen molar-refractivity contribution in [3.05, 3.63) is 0 Å². The zero-order chi connectivity index (χ0) is 13.6. The predicted octanol–water partition coefficient (Wildman–Crippen LogP) is 2.50. The predicted molar refractivity (Wildman–Crippen MR) is 77.7 cm³/mol. The summed E-state index contributed by atoms with van der Waals surface area (Å²) in [5.41, 5.74) is 6.30. The minimum atomic E-state index is 0.383. The van der Waals surface area contributed by atoms with Crippen molar-refractivity contribution < 1.29 is 4.74 Å². The van der Waals surface area contributed by atoms with Crippen LogP contribution in [-0.2, 0) is 4.74 Å². The van der Waals surface area contributed by atoms with Crippen LogP contribution in [0.3, 0.4) is 0 Å². The number of hydrogen-bond donors (Lipinski definition) is 1. The molecule has 0 aromatic carbocycles. The lowest BCUT2D eigenvalue weighted by Crippen LogP contribution is -2.41. The van der Waals surface area contributed by atoms with E-state index in [0.717, 1.165) is 19.7 Å². The van der Waals surface area contributed by atoms with Crippen molar-refractivity contribution in [3.63, 3.8) is 0 Å². The molecule has 0 aromatic rings. The fourth-order valence-electron chi connectivity index (χ4n) is 2.95. The maximum atomic E-state index is 5.92. The first kappa shape index (κ1) is 15.9. The smallest absolute Gasteiger partial charge is 0.0599 e. The van der Waals surface area contributed by atoms with Gasteiger partial charge < -0.3 is 15.4 Å².